The molecule has 0 saturated carbocycles. The second kappa shape index (κ2) is 5.91. The highest BCUT2D eigenvalue weighted by Gasteiger charge is 2.19. The fourth-order valence-corrected chi connectivity index (χ4v) is 2.63. The number of benzene rings is 1. The van der Waals surface area contributed by atoms with Gasteiger partial charge in [-0.2, -0.15) is 10.2 Å². The lowest BCUT2D eigenvalue weighted by Crippen LogP contribution is -2.31. The fraction of sp³-hybridized carbons (Fsp3) is 0.467. The van der Waals surface area contributed by atoms with Crippen LogP contribution in [0.15, 0.2) is 30.5 Å². The van der Waals surface area contributed by atoms with Gasteiger partial charge in [-0.25, -0.2) is 0 Å². The lowest BCUT2D eigenvalue weighted by atomic mass is 9.89. The van der Waals surface area contributed by atoms with Crippen LogP contribution in [-0.4, -0.2) is 22.8 Å². The van der Waals surface area contributed by atoms with Crippen molar-refractivity contribution in [1.29, 1.82) is 0 Å². The van der Waals surface area contributed by atoms with Crippen molar-refractivity contribution in [3.63, 3.8) is 0 Å². The molecular formula is C15H21N3. The van der Waals surface area contributed by atoms with Crippen molar-refractivity contribution in [3.8, 4) is 0 Å². The summed E-state index contributed by atoms with van der Waals surface area (Å²) in [5.74, 6) is 0.477. The second-order valence-corrected chi connectivity index (χ2v) is 4.68. The monoisotopic (exact) mass is 243 g/mol. The molecule has 1 aromatic carbocycles. The smallest absolute Gasteiger partial charge is 0.0932 e. The average Bonchev–Trinajstić information content (AvgIpc) is 2.40. The standard InChI is InChI=1S/C15H21N3/c1-4-12(11(3)16-5-2)14-10-17-18-15-9-7-6-8-13(14)15/h6-12,16H,4-5H2,1-3H3. The number of fused-ring (bicyclic) bond motifs is 1. The van der Waals surface area contributed by atoms with E-state index in [-0.39, 0.29) is 0 Å². The molecule has 2 atom stereocenters. The van der Waals surface area contributed by atoms with E-state index in [1.165, 1.54) is 10.9 Å². The summed E-state index contributed by atoms with van der Waals surface area (Å²) in [6, 6.07) is 8.69. The van der Waals surface area contributed by atoms with Gasteiger partial charge >= 0.3 is 0 Å². The Morgan fingerprint density at radius 1 is 1.22 bits per heavy atom. The largest absolute Gasteiger partial charge is 0.314 e. The highest BCUT2D eigenvalue weighted by atomic mass is 15.1. The van der Waals surface area contributed by atoms with Gasteiger partial charge in [0.1, 0.15) is 0 Å². The molecule has 1 aromatic heterocycles. The lowest BCUT2D eigenvalue weighted by molar-refractivity contribution is 0.461. The van der Waals surface area contributed by atoms with Gasteiger partial charge < -0.3 is 5.32 Å². The maximum Gasteiger partial charge on any atom is 0.0932 e. The molecule has 0 aliphatic heterocycles. The zero-order valence-corrected chi connectivity index (χ0v) is 11.4. The molecule has 0 fully saturated rings. The lowest BCUT2D eigenvalue weighted by Gasteiger charge is -2.24. The summed E-state index contributed by atoms with van der Waals surface area (Å²) in [7, 11) is 0. The molecule has 1 N–H and O–H groups in total. The van der Waals surface area contributed by atoms with Crippen molar-refractivity contribution in [1.82, 2.24) is 15.5 Å². The molecule has 0 amide bonds. The van der Waals surface area contributed by atoms with Crippen molar-refractivity contribution in [2.75, 3.05) is 6.54 Å². The number of nitrogens with one attached hydrogen (secondary N) is 1. The minimum atomic E-state index is 0.451. The van der Waals surface area contributed by atoms with Crippen molar-refractivity contribution >= 4 is 10.9 Å². The Hall–Kier alpha value is -1.48. The average molecular weight is 243 g/mol. The van der Waals surface area contributed by atoms with E-state index in [2.05, 4.69) is 48.4 Å². The molecule has 1 heterocycles. The van der Waals surface area contributed by atoms with Gasteiger partial charge in [0.25, 0.3) is 0 Å². The van der Waals surface area contributed by atoms with Crippen molar-refractivity contribution in [3.05, 3.63) is 36.0 Å². The van der Waals surface area contributed by atoms with Crippen LogP contribution in [0.5, 0.6) is 0 Å². The summed E-state index contributed by atoms with van der Waals surface area (Å²) in [4.78, 5) is 0. The Morgan fingerprint density at radius 2 is 2.00 bits per heavy atom. The maximum absolute atomic E-state index is 4.19. The first-order chi connectivity index (χ1) is 8.77. The molecule has 3 heteroatoms. The van der Waals surface area contributed by atoms with Crippen LogP contribution in [0.2, 0.25) is 0 Å². The van der Waals surface area contributed by atoms with Crippen LogP contribution in [0.1, 0.15) is 38.7 Å². The molecule has 96 valence electrons. The van der Waals surface area contributed by atoms with E-state index in [0.717, 1.165) is 18.5 Å². The summed E-state index contributed by atoms with van der Waals surface area (Å²) in [6.45, 7) is 7.61. The van der Waals surface area contributed by atoms with Gasteiger partial charge in [-0.3, -0.25) is 0 Å². The summed E-state index contributed by atoms with van der Waals surface area (Å²) in [5, 5.41) is 13.1. The van der Waals surface area contributed by atoms with Crippen molar-refractivity contribution in [2.24, 2.45) is 0 Å². The first-order valence-corrected chi connectivity index (χ1v) is 6.71. The van der Waals surface area contributed by atoms with Gasteiger partial charge in [0.05, 0.1) is 11.7 Å². The highest BCUT2D eigenvalue weighted by Crippen LogP contribution is 2.28. The topological polar surface area (TPSA) is 37.8 Å². The Balaban J connectivity index is 2.44. The number of aromatic nitrogens is 2. The van der Waals surface area contributed by atoms with Crippen LogP contribution >= 0.6 is 0 Å². The van der Waals surface area contributed by atoms with Gasteiger partial charge in [-0.15, -0.1) is 0 Å². The third kappa shape index (κ3) is 2.51. The first-order valence-electron chi connectivity index (χ1n) is 6.71. The molecule has 2 aromatic rings. The zero-order chi connectivity index (χ0) is 13.0. The molecule has 0 radical (unpaired) electrons. The van der Waals surface area contributed by atoms with Crippen LogP contribution in [0.3, 0.4) is 0 Å². The predicted molar refractivity (Wildman–Crippen MR) is 75.7 cm³/mol. The number of nitrogens with zero attached hydrogens (tertiary/aromatic N) is 2. The van der Waals surface area contributed by atoms with Crippen LogP contribution in [0, 0.1) is 0 Å². The number of likely N-dealkylation sites (N-methyl/N-ethyl adjacent to an activating group) is 1. The van der Waals surface area contributed by atoms with Crippen LogP contribution in [0.25, 0.3) is 10.9 Å². The van der Waals surface area contributed by atoms with Gasteiger partial charge in [-0.05, 0) is 31.5 Å². The molecule has 3 nitrogen and oxygen atoms in total. The van der Waals surface area contributed by atoms with Crippen molar-refractivity contribution < 1.29 is 0 Å². The fourth-order valence-electron chi connectivity index (χ4n) is 2.63. The van der Waals surface area contributed by atoms with Crippen LogP contribution in [0.4, 0.5) is 0 Å². The number of hydrogen-bond donors (Lipinski definition) is 1. The van der Waals surface area contributed by atoms with Crippen molar-refractivity contribution in [2.45, 2.75) is 39.2 Å². The summed E-state index contributed by atoms with van der Waals surface area (Å²) in [6.07, 6.45) is 3.02. The van der Waals surface area contributed by atoms with E-state index in [1.807, 2.05) is 18.3 Å². The molecule has 0 aliphatic rings. The summed E-state index contributed by atoms with van der Waals surface area (Å²) >= 11 is 0. The van der Waals surface area contributed by atoms with E-state index < -0.39 is 0 Å². The van der Waals surface area contributed by atoms with Gasteiger partial charge in [-0.1, -0.05) is 32.0 Å². The van der Waals surface area contributed by atoms with Crippen LogP contribution in [-0.2, 0) is 0 Å². The molecule has 0 aliphatic carbocycles. The quantitative estimate of drug-likeness (QED) is 0.876. The SMILES string of the molecule is CCNC(C)C(CC)c1cnnc2ccccc12. The number of hydrogen-bond acceptors (Lipinski definition) is 3. The summed E-state index contributed by atoms with van der Waals surface area (Å²) in [5.41, 5.74) is 2.29. The van der Waals surface area contributed by atoms with E-state index in [4.69, 9.17) is 0 Å². The zero-order valence-electron chi connectivity index (χ0n) is 11.4. The second-order valence-electron chi connectivity index (χ2n) is 4.68. The molecule has 0 spiro atoms. The minimum absolute atomic E-state index is 0.451. The minimum Gasteiger partial charge on any atom is -0.314 e. The van der Waals surface area contributed by atoms with E-state index in [9.17, 15) is 0 Å². The van der Waals surface area contributed by atoms with Gasteiger partial charge in [0, 0.05) is 17.3 Å². The number of rotatable bonds is 5. The summed E-state index contributed by atoms with van der Waals surface area (Å²) < 4.78 is 0. The van der Waals surface area contributed by atoms with Gasteiger partial charge in [0.15, 0.2) is 0 Å². The highest BCUT2D eigenvalue weighted by molar-refractivity contribution is 5.81. The Kier molecular flexibility index (Phi) is 4.26. The van der Waals surface area contributed by atoms with E-state index in [1.54, 1.807) is 0 Å². The Bertz CT molecular complexity index is 505. The first kappa shape index (κ1) is 13.0. The van der Waals surface area contributed by atoms with Crippen LogP contribution < -0.4 is 5.32 Å². The Morgan fingerprint density at radius 3 is 2.72 bits per heavy atom. The van der Waals surface area contributed by atoms with Gasteiger partial charge in [0.2, 0.25) is 0 Å². The molecular weight excluding hydrogens is 222 g/mol. The Labute approximate surface area is 109 Å². The van der Waals surface area contributed by atoms with E-state index >= 15 is 0 Å². The molecule has 0 bridgehead atoms. The predicted octanol–water partition coefficient (Wildman–Crippen LogP) is 3.12. The maximum atomic E-state index is 4.19. The molecule has 2 unspecified atom stereocenters. The third-order valence-corrected chi connectivity index (χ3v) is 3.55. The third-order valence-electron chi connectivity index (χ3n) is 3.55. The molecule has 0 saturated heterocycles. The van der Waals surface area contributed by atoms with E-state index in [0.29, 0.717) is 12.0 Å². The molecule has 2 rings (SSSR count). The molecule has 18 heavy (non-hydrogen) atoms. The normalized spacial score (nSPS) is 14.6.